The highest BCUT2D eigenvalue weighted by atomic mass is 16.5. The first kappa shape index (κ1) is 17.9. The smallest absolute Gasteiger partial charge is 0.276 e. The van der Waals surface area contributed by atoms with Gasteiger partial charge in [0, 0.05) is 51.5 Å². The summed E-state index contributed by atoms with van der Waals surface area (Å²) in [6.45, 7) is 5.24. The lowest BCUT2D eigenvalue weighted by Gasteiger charge is -2.48. The van der Waals surface area contributed by atoms with Crippen molar-refractivity contribution < 1.29 is 18.7 Å². The molecular weight excluding hydrogens is 322 g/mol. The number of oxazole rings is 1. The molecule has 1 spiro atoms. The minimum absolute atomic E-state index is 0.00826. The van der Waals surface area contributed by atoms with Gasteiger partial charge in [-0.05, 0) is 19.3 Å². The highest BCUT2D eigenvalue weighted by Gasteiger charge is 2.43. The standard InChI is InChI=1S/C18H27N3O4/c1-3-14-16(19-13-25-14)17(23)21-8-4-6-18(12-21)7-5-15(22)20(11-18)9-10-24-2/h13H,3-12H2,1-2H3/t18-/m0/s1. The second-order valence-corrected chi connectivity index (χ2v) is 7.12. The zero-order valence-corrected chi connectivity index (χ0v) is 15.1. The first-order valence-corrected chi connectivity index (χ1v) is 9.07. The summed E-state index contributed by atoms with van der Waals surface area (Å²) in [6, 6.07) is 0. The Morgan fingerprint density at radius 2 is 2.24 bits per heavy atom. The molecule has 1 atom stereocenters. The number of carbonyl (C=O) groups is 2. The van der Waals surface area contributed by atoms with Gasteiger partial charge < -0.3 is 19.0 Å². The molecule has 0 aliphatic carbocycles. The molecule has 3 heterocycles. The highest BCUT2D eigenvalue weighted by Crippen LogP contribution is 2.39. The Morgan fingerprint density at radius 3 is 3.00 bits per heavy atom. The number of nitrogens with zero attached hydrogens (tertiary/aromatic N) is 3. The fourth-order valence-electron chi connectivity index (χ4n) is 4.07. The number of methoxy groups -OCH3 is 1. The molecule has 138 valence electrons. The van der Waals surface area contributed by atoms with E-state index in [0.29, 0.717) is 50.5 Å². The van der Waals surface area contributed by atoms with E-state index in [2.05, 4.69) is 4.98 Å². The van der Waals surface area contributed by atoms with Crippen LogP contribution in [0.15, 0.2) is 10.8 Å². The maximum Gasteiger partial charge on any atom is 0.276 e. The van der Waals surface area contributed by atoms with Crippen molar-refractivity contribution in [2.45, 2.75) is 39.0 Å². The largest absolute Gasteiger partial charge is 0.448 e. The van der Waals surface area contributed by atoms with Crippen molar-refractivity contribution in [3.05, 3.63) is 17.8 Å². The van der Waals surface area contributed by atoms with E-state index in [1.165, 1.54) is 6.39 Å². The lowest BCUT2D eigenvalue weighted by molar-refractivity contribution is -0.139. The summed E-state index contributed by atoms with van der Waals surface area (Å²) in [5, 5.41) is 0. The maximum absolute atomic E-state index is 12.9. The molecule has 0 radical (unpaired) electrons. The Labute approximate surface area is 148 Å². The number of hydrogen-bond acceptors (Lipinski definition) is 5. The predicted molar refractivity (Wildman–Crippen MR) is 91.1 cm³/mol. The average molecular weight is 349 g/mol. The summed E-state index contributed by atoms with van der Waals surface area (Å²) < 4.78 is 10.4. The molecule has 2 aliphatic rings. The number of ether oxygens (including phenoxy) is 1. The van der Waals surface area contributed by atoms with Crippen LogP contribution in [0.1, 0.15) is 48.9 Å². The number of amides is 2. The predicted octanol–water partition coefficient (Wildman–Crippen LogP) is 1.73. The summed E-state index contributed by atoms with van der Waals surface area (Å²) in [6.07, 6.45) is 5.40. The second-order valence-electron chi connectivity index (χ2n) is 7.12. The molecule has 0 N–H and O–H groups in total. The van der Waals surface area contributed by atoms with Gasteiger partial charge in [0.05, 0.1) is 6.61 Å². The Bertz CT molecular complexity index is 630. The van der Waals surface area contributed by atoms with Gasteiger partial charge in [-0.3, -0.25) is 9.59 Å². The van der Waals surface area contributed by atoms with Crippen LogP contribution in [-0.4, -0.2) is 66.5 Å². The van der Waals surface area contributed by atoms with Gasteiger partial charge in [0.15, 0.2) is 12.1 Å². The molecule has 7 heteroatoms. The highest BCUT2D eigenvalue weighted by molar-refractivity contribution is 5.93. The molecule has 2 fully saturated rings. The molecular formula is C18H27N3O4. The van der Waals surface area contributed by atoms with Crippen molar-refractivity contribution >= 4 is 11.8 Å². The number of piperidine rings is 2. The normalized spacial score (nSPS) is 24.2. The van der Waals surface area contributed by atoms with Crippen LogP contribution in [0, 0.1) is 5.41 Å². The third-order valence-corrected chi connectivity index (χ3v) is 5.43. The monoisotopic (exact) mass is 349 g/mol. The van der Waals surface area contributed by atoms with Crippen LogP contribution in [0.5, 0.6) is 0 Å². The summed E-state index contributed by atoms with van der Waals surface area (Å²) in [7, 11) is 1.65. The Morgan fingerprint density at radius 1 is 1.40 bits per heavy atom. The summed E-state index contributed by atoms with van der Waals surface area (Å²) >= 11 is 0. The third kappa shape index (κ3) is 3.71. The maximum atomic E-state index is 12.9. The van der Waals surface area contributed by atoms with Crippen molar-refractivity contribution in [3.8, 4) is 0 Å². The van der Waals surface area contributed by atoms with E-state index < -0.39 is 0 Å². The zero-order chi connectivity index (χ0) is 17.9. The van der Waals surface area contributed by atoms with Gasteiger partial charge in [0.2, 0.25) is 5.91 Å². The molecule has 2 saturated heterocycles. The van der Waals surface area contributed by atoms with Gasteiger partial charge in [-0.25, -0.2) is 4.98 Å². The number of carbonyl (C=O) groups excluding carboxylic acids is 2. The number of aryl methyl sites for hydroxylation is 1. The third-order valence-electron chi connectivity index (χ3n) is 5.43. The number of rotatable bonds is 5. The lowest BCUT2D eigenvalue weighted by atomic mass is 9.73. The molecule has 0 bridgehead atoms. The minimum atomic E-state index is -0.0509. The summed E-state index contributed by atoms with van der Waals surface area (Å²) in [5.74, 6) is 0.783. The van der Waals surface area contributed by atoms with E-state index in [1.54, 1.807) is 7.11 Å². The van der Waals surface area contributed by atoms with Gasteiger partial charge >= 0.3 is 0 Å². The summed E-state index contributed by atoms with van der Waals surface area (Å²) in [4.78, 5) is 33.0. The molecule has 1 aromatic heterocycles. The molecule has 7 nitrogen and oxygen atoms in total. The van der Waals surface area contributed by atoms with Crippen LogP contribution in [0.25, 0.3) is 0 Å². The van der Waals surface area contributed by atoms with Crippen molar-refractivity contribution in [1.29, 1.82) is 0 Å². The second kappa shape index (κ2) is 7.56. The first-order valence-electron chi connectivity index (χ1n) is 9.07. The molecule has 2 aliphatic heterocycles. The summed E-state index contributed by atoms with van der Waals surface area (Å²) in [5.41, 5.74) is 0.425. The van der Waals surface area contributed by atoms with E-state index >= 15 is 0 Å². The number of hydrogen-bond donors (Lipinski definition) is 0. The van der Waals surface area contributed by atoms with Crippen molar-refractivity contribution in [3.63, 3.8) is 0 Å². The topological polar surface area (TPSA) is 75.9 Å². The Kier molecular flexibility index (Phi) is 5.42. The molecule has 0 unspecified atom stereocenters. The molecule has 25 heavy (non-hydrogen) atoms. The fourth-order valence-corrected chi connectivity index (χ4v) is 4.07. The van der Waals surface area contributed by atoms with Crippen LogP contribution in [0.2, 0.25) is 0 Å². The average Bonchev–Trinajstić information content (AvgIpc) is 3.11. The quantitative estimate of drug-likeness (QED) is 0.809. The van der Waals surface area contributed by atoms with E-state index in [9.17, 15) is 9.59 Å². The first-order chi connectivity index (χ1) is 12.1. The number of likely N-dealkylation sites (tertiary alicyclic amines) is 2. The van der Waals surface area contributed by atoms with Gasteiger partial charge in [-0.2, -0.15) is 0 Å². The van der Waals surface area contributed by atoms with Crippen LogP contribution in [0.4, 0.5) is 0 Å². The van der Waals surface area contributed by atoms with Gasteiger partial charge in [0.1, 0.15) is 5.76 Å². The van der Waals surface area contributed by atoms with Crippen molar-refractivity contribution in [2.24, 2.45) is 5.41 Å². The fraction of sp³-hybridized carbons (Fsp3) is 0.722. The van der Waals surface area contributed by atoms with Crippen LogP contribution in [-0.2, 0) is 16.0 Å². The van der Waals surface area contributed by atoms with Crippen molar-refractivity contribution in [1.82, 2.24) is 14.8 Å². The SMILES string of the molecule is CCc1ocnc1C(=O)N1CCC[C@@]2(CCC(=O)N(CCOC)C2)C1. The van der Waals surface area contributed by atoms with E-state index in [4.69, 9.17) is 9.15 Å². The molecule has 1 aromatic rings. The van der Waals surface area contributed by atoms with Crippen LogP contribution in [0.3, 0.4) is 0 Å². The van der Waals surface area contributed by atoms with Gasteiger partial charge in [-0.1, -0.05) is 6.92 Å². The van der Waals surface area contributed by atoms with Gasteiger partial charge in [-0.15, -0.1) is 0 Å². The molecule has 2 amide bonds. The van der Waals surface area contributed by atoms with E-state index in [1.807, 2.05) is 16.7 Å². The Balaban J connectivity index is 1.71. The van der Waals surface area contributed by atoms with Crippen molar-refractivity contribution in [2.75, 3.05) is 39.9 Å². The van der Waals surface area contributed by atoms with E-state index in [-0.39, 0.29) is 17.2 Å². The molecule has 0 aromatic carbocycles. The minimum Gasteiger partial charge on any atom is -0.448 e. The van der Waals surface area contributed by atoms with E-state index in [0.717, 1.165) is 25.8 Å². The lowest BCUT2D eigenvalue weighted by Crippen LogP contribution is -2.55. The molecule has 0 saturated carbocycles. The number of aromatic nitrogens is 1. The Hall–Kier alpha value is -1.89. The zero-order valence-electron chi connectivity index (χ0n) is 15.1. The molecule has 3 rings (SSSR count). The van der Waals surface area contributed by atoms with Crippen LogP contribution >= 0.6 is 0 Å². The van der Waals surface area contributed by atoms with Crippen LogP contribution < -0.4 is 0 Å². The van der Waals surface area contributed by atoms with Gasteiger partial charge in [0.25, 0.3) is 5.91 Å².